The number of amides is 1. The Kier molecular flexibility index (Phi) is 4.57. The molecule has 0 spiro atoms. The fourth-order valence-corrected chi connectivity index (χ4v) is 3.42. The SMILES string of the molecule is C#CCOc1ccc([C@H]2CC(=O)Nc3n[nH]c(-c4ccc(Cl)cc4)c32)cc1. The Balaban J connectivity index is 1.73. The van der Waals surface area contributed by atoms with Crippen molar-refractivity contribution in [3.63, 3.8) is 0 Å². The van der Waals surface area contributed by atoms with Crippen LogP contribution >= 0.6 is 11.6 Å². The molecule has 1 aromatic heterocycles. The summed E-state index contributed by atoms with van der Waals surface area (Å²) in [6, 6.07) is 15.2. The second-order valence-electron chi connectivity index (χ2n) is 6.23. The molecule has 0 radical (unpaired) electrons. The van der Waals surface area contributed by atoms with E-state index in [4.69, 9.17) is 22.8 Å². The standard InChI is InChI=1S/C21H16ClN3O2/c1-2-11-27-16-9-5-13(6-10-16)17-12-18(26)23-21-19(17)20(24-25-21)14-3-7-15(22)8-4-14/h1,3-10,17H,11-12H2,(H2,23,24,25,26)/t17-/m1/s1. The highest BCUT2D eigenvalue weighted by Crippen LogP contribution is 2.42. The van der Waals surface area contributed by atoms with Crippen LogP contribution in [-0.4, -0.2) is 22.7 Å². The number of ether oxygens (including phenoxy) is 1. The van der Waals surface area contributed by atoms with Crippen LogP contribution < -0.4 is 10.1 Å². The topological polar surface area (TPSA) is 67.0 Å². The first-order valence-electron chi connectivity index (χ1n) is 8.46. The molecule has 6 heteroatoms. The minimum atomic E-state index is -0.111. The first kappa shape index (κ1) is 17.2. The maximum Gasteiger partial charge on any atom is 0.226 e. The summed E-state index contributed by atoms with van der Waals surface area (Å²) in [7, 11) is 0. The van der Waals surface area contributed by atoms with Gasteiger partial charge in [-0.15, -0.1) is 6.42 Å². The molecule has 0 unspecified atom stereocenters. The molecule has 1 atom stereocenters. The smallest absolute Gasteiger partial charge is 0.226 e. The molecule has 134 valence electrons. The highest BCUT2D eigenvalue weighted by atomic mass is 35.5. The van der Waals surface area contributed by atoms with Gasteiger partial charge >= 0.3 is 0 Å². The lowest BCUT2D eigenvalue weighted by Gasteiger charge is -2.23. The van der Waals surface area contributed by atoms with Crippen LogP contribution in [0.25, 0.3) is 11.3 Å². The Labute approximate surface area is 161 Å². The number of nitrogens with one attached hydrogen (secondary N) is 2. The van der Waals surface area contributed by atoms with E-state index in [0.717, 1.165) is 22.4 Å². The number of carbonyl (C=O) groups is 1. The monoisotopic (exact) mass is 377 g/mol. The Bertz CT molecular complexity index is 1020. The molecule has 4 rings (SSSR count). The third kappa shape index (κ3) is 3.40. The van der Waals surface area contributed by atoms with Gasteiger partial charge in [-0.2, -0.15) is 5.10 Å². The second kappa shape index (κ2) is 7.18. The molecule has 1 aliphatic heterocycles. The van der Waals surface area contributed by atoms with E-state index < -0.39 is 0 Å². The molecule has 2 N–H and O–H groups in total. The van der Waals surface area contributed by atoms with E-state index in [1.165, 1.54) is 0 Å². The lowest BCUT2D eigenvalue weighted by atomic mass is 9.84. The number of anilines is 1. The van der Waals surface area contributed by atoms with Crippen LogP contribution in [0.1, 0.15) is 23.5 Å². The van der Waals surface area contributed by atoms with E-state index in [1.54, 1.807) is 0 Å². The highest BCUT2D eigenvalue weighted by molar-refractivity contribution is 6.30. The molecule has 3 aromatic rings. The molecule has 1 aliphatic rings. The van der Waals surface area contributed by atoms with Crippen molar-refractivity contribution in [3.8, 4) is 29.4 Å². The normalized spacial score (nSPS) is 15.6. The van der Waals surface area contributed by atoms with Crippen LogP contribution in [0.3, 0.4) is 0 Å². The van der Waals surface area contributed by atoms with Crippen molar-refractivity contribution >= 4 is 23.3 Å². The van der Waals surface area contributed by atoms with E-state index in [0.29, 0.717) is 23.0 Å². The van der Waals surface area contributed by atoms with Crippen LogP contribution in [0.4, 0.5) is 5.82 Å². The number of carbonyl (C=O) groups excluding carboxylic acids is 1. The van der Waals surface area contributed by atoms with Gasteiger partial charge in [-0.1, -0.05) is 41.8 Å². The van der Waals surface area contributed by atoms with Gasteiger partial charge in [-0.25, -0.2) is 0 Å². The van der Waals surface area contributed by atoms with Gasteiger partial charge in [0.25, 0.3) is 0 Å². The zero-order chi connectivity index (χ0) is 18.8. The number of hydrogen-bond acceptors (Lipinski definition) is 3. The molecule has 0 aliphatic carbocycles. The van der Waals surface area contributed by atoms with Gasteiger partial charge in [0, 0.05) is 28.5 Å². The average molecular weight is 378 g/mol. The summed E-state index contributed by atoms with van der Waals surface area (Å²) in [6.07, 6.45) is 5.57. The molecule has 5 nitrogen and oxygen atoms in total. The number of terminal acetylenes is 1. The zero-order valence-corrected chi connectivity index (χ0v) is 15.1. The van der Waals surface area contributed by atoms with Crippen LogP contribution in [-0.2, 0) is 4.79 Å². The Morgan fingerprint density at radius 3 is 2.63 bits per heavy atom. The number of halogens is 1. The number of fused-ring (bicyclic) bond motifs is 1. The first-order valence-corrected chi connectivity index (χ1v) is 8.84. The third-order valence-electron chi connectivity index (χ3n) is 4.54. The van der Waals surface area contributed by atoms with E-state index in [1.807, 2.05) is 48.5 Å². The number of rotatable bonds is 4. The van der Waals surface area contributed by atoms with Gasteiger partial charge in [0.2, 0.25) is 5.91 Å². The molecule has 0 fully saturated rings. The lowest BCUT2D eigenvalue weighted by Crippen LogP contribution is -2.23. The maximum atomic E-state index is 12.2. The van der Waals surface area contributed by atoms with Gasteiger partial charge < -0.3 is 10.1 Å². The van der Waals surface area contributed by atoms with E-state index >= 15 is 0 Å². The van der Waals surface area contributed by atoms with E-state index in [9.17, 15) is 4.79 Å². The Morgan fingerprint density at radius 2 is 1.93 bits per heavy atom. The summed E-state index contributed by atoms with van der Waals surface area (Å²) in [5.74, 6) is 3.53. The number of hydrogen-bond donors (Lipinski definition) is 2. The molecule has 0 saturated carbocycles. The molecule has 0 bridgehead atoms. The predicted molar refractivity (Wildman–Crippen MR) is 105 cm³/mol. The Hall–Kier alpha value is -3.23. The fraction of sp³-hybridized carbons (Fsp3) is 0.143. The van der Waals surface area contributed by atoms with E-state index in [-0.39, 0.29) is 18.4 Å². The van der Waals surface area contributed by atoms with Crippen molar-refractivity contribution < 1.29 is 9.53 Å². The molecule has 2 aromatic carbocycles. The first-order chi connectivity index (χ1) is 13.2. The maximum absolute atomic E-state index is 12.2. The average Bonchev–Trinajstić information content (AvgIpc) is 3.10. The summed E-state index contributed by atoms with van der Waals surface area (Å²) in [5.41, 5.74) is 3.81. The quantitative estimate of drug-likeness (QED) is 0.669. The molecular formula is C21H16ClN3O2. The number of aromatic nitrogens is 2. The third-order valence-corrected chi connectivity index (χ3v) is 4.79. The Morgan fingerprint density at radius 1 is 1.19 bits per heavy atom. The highest BCUT2D eigenvalue weighted by Gasteiger charge is 2.32. The minimum Gasteiger partial charge on any atom is -0.481 e. The number of aromatic amines is 1. The van der Waals surface area contributed by atoms with Crippen molar-refractivity contribution in [2.45, 2.75) is 12.3 Å². The van der Waals surface area contributed by atoms with Crippen molar-refractivity contribution in [1.29, 1.82) is 0 Å². The summed E-state index contributed by atoms with van der Waals surface area (Å²) >= 11 is 6.00. The molecule has 0 saturated heterocycles. The number of H-pyrrole nitrogens is 1. The van der Waals surface area contributed by atoms with Gasteiger partial charge in [-0.3, -0.25) is 9.89 Å². The summed E-state index contributed by atoms with van der Waals surface area (Å²) in [4.78, 5) is 12.2. The molecule has 2 heterocycles. The van der Waals surface area contributed by atoms with Crippen LogP contribution in [0, 0.1) is 12.3 Å². The molecule has 1 amide bonds. The summed E-state index contributed by atoms with van der Waals surface area (Å²) in [5, 5.41) is 10.9. The van der Waals surface area contributed by atoms with Crippen molar-refractivity contribution in [3.05, 3.63) is 64.7 Å². The number of nitrogens with zero attached hydrogens (tertiary/aromatic N) is 1. The van der Waals surface area contributed by atoms with Crippen molar-refractivity contribution in [2.75, 3.05) is 11.9 Å². The minimum absolute atomic E-state index is 0.0608. The van der Waals surface area contributed by atoms with Gasteiger partial charge in [-0.05, 0) is 29.8 Å². The van der Waals surface area contributed by atoms with Crippen LogP contribution in [0.15, 0.2) is 48.5 Å². The summed E-state index contributed by atoms with van der Waals surface area (Å²) in [6.45, 7) is 0.220. The van der Waals surface area contributed by atoms with Crippen molar-refractivity contribution in [2.24, 2.45) is 0 Å². The fourth-order valence-electron chi connectivity index (χ4n) is 3.30. The molecular weight excluding hydrogens is 362 g/mol. The van der Waals surface area contributed by atoms with Crippen molar-refractivity contribution in [1.82, 2.24) is 10.2 Å². The van der Waals surface area contributed by atoms with Gasteiger partial charge in [0.05, 0.1) is 5.69 Å². The zero-order valence-electron chi connectivity index (χ0n) is 14.3. The van der Waals surface area contributed by atoms with Gasteiger partial charge in [0.1, 0.15) is 12.4 Å². The number of benzene rings is 2. The van der Waals surface area contributed by atoms with Crippen LogP contribution in [0.5, 0.6) is 5.75 Å². The van der Waals surface area contributed by atoms with E-state index in [2.05, 4.69) is 21.4 Å². The summed E-state index contributed by atoms with van der Waals surface area (Å²) < 4.78 is 5.43. The predicted octanol–water partition coefficient (Wildman–Crippen LogP) is 4.22. The largest absolute Gasteiger partial charge is 0.481 e. The van der Waals surface area contributed by atoms with Crippen LogP contribution in [0.2, 0.25) is 5.02 Å². The molecule has 27 heavy (non-hydrogen) atoms. The van der Waals surface area contributed by atoms with Gasteiger partial charge in [0.15, 0.2) is 5.82 Å². The second-order valence-corrected chi connectivity index (χ2v) is 6.67. The lowest BCUT2D eigenvalue weighted by molar-refractivity contribution is -0.116.